The summed E-state index contributed by atoms with van der Waals surface area (Å²) in [6.45, 7) is 2.75. The number of nitrogens with zero attached hydrogens (tertiary/aromatic N) is 5. The van der Waals surface area contributed by atoms with E-state index in [4.69, 9.17) is 10.4 Å². The van der Waals surface area contributed by atoms with Crippen molar-refractivity contribution in [3.63, 3.8) is 0 Å². The van der Waals surface area contributed by atoms with Gasteiger partial charge in [-0.1, -0.05) is 25.3 Å². The second kappa shape index (κ2) is 12.5. The zero-order valence-corrected chi connectivity index (χ0v) is 21.7. The number of hydrogen-bond donors (Lipinski definition) is 1. The zero-order chi connectivity index (χ0) is 26.2. The lowest BCUT2D eigenvalue weighted by atomic mass is 9.89. The van der Waals surface area contributed by atoms with Crippen molar-refractivity contribution in [2.75, 3.05) is 50.5 Å². The van der Waals surface area contributed by atoms with E-state index in [-0.39, 0.29) is 5.56 Å². The molecule has 0 spiro atoms. The lowest BCUT2D eigenvalue weighted by molar-refractivity contribution is -0.106. The van der Waals surface area contributed by atoms with E-state index in [1.54, 1.807) is 10.7 Å². The van der Waals surface area contributed by atoms with Crippen LogP contribution < -0.4 is 10.2 Å². The van der Waals surface area contributed by atoms with Crippen molar-refractivity contribution in [2.45, 2.75) is 32.1 Å². The summed E-state index contributed by atoms with van der Waals surface area (Å²) in [5.74, 6) is 0.827. The van der Waals surface area contributed by atoms with Crippen LogP contribution in [0.15, 0.2) is 48.5 Å². The Morgan fingerprint density at radius 1 is 1.11 bits per heavy atom. The maximum Gasteiger partial charge on any atom is 0.149 e. The van der Waals surface area contributed by atoms with E-state index in [0.29, 0.717) is 18.0 Å². The van der Waals surface area contributed by atoms with Crippen LogP contribution in [-0.2, 0) is 4.79 Å². The highest BCUT2D eigenvalue weighted by molar-refractivity contribution is 5.68. The maximum absolute atomic E-state index is 14.5. The Bertz CT molecular complexity index is 1220. The molecule has 194 valence electrons. The topological polar surface area (TPSA) is 77.2 Å². The summed E-state index contributed by atoms with van der Waals surface area (Å²) >= 11 is 0. The molecule has 1 aliphatic carbocycles. The highest BCUT2D eigenvalue weighted by atomic mass is 19.1. The number of carbonyl (C=O) groups is 1. The van der Waals surface area contributed by atoms with Crippen LogP contribution in [0.5, 0.6) is 0 Å². The monoisotopic (exact) mass is 502 g/mol. The predicted octanol–water partition coefficient (Wildman–Crippen LogP) is 5.11. The molecule has 0 saturated heterocycles. The smallest absolute Gasteiger partial charge is 0.149 e. The number of nitriles is 1. The Hall–Kier alpha value is -3.70. The van der Waals surface area contributed by atoms with E-state index in [1.165, 1.54) is 44.2 Å². The second-order valence-corrected chi connectivity index (χ2v) is 9.95. The Morgan fingerprint density at radius 3 is 2.51 bits per heavy atom. The molecular weight excluding hydrogens is 467 g/mol. The van der Waals surface area contributed by atoms with E-state index >= 15 is 0 Å². The Kier molecular flexibility index (Phi) is 8.91. The van der Waals surface area contributed by atoms with Crippen molar-refractivity contribution in [3.8, 4) is 23.0 Å². The van der Waals surface area contributed by atoms with Gasteiger partial charge < -0.3 is 19.9 Å². The van der Waals surface area contributed by atoms with Gasteiger partial charge in [-0.05, 0) is 69.3 Å². The fourth-order valence-corrected chi connectivity index (χ4v) is 4.82. The Labute approximate surface area is 218 Å². The molecule has 0 amide bonds. The van der Waals surface area contributed by atoms with Gasteiger partial charge in [-0.2, -0.15) is 5.26 Å². The number of aromatic nitrogens is 2. The normalized spacial score (nSPS) is 13.9. The van der Waals surface area contributed by atoms with Crippen molar-refractivity contribution in [3.05, 3.63) is 59.9 Å². The minimum atomic E-state index is -0.551. The molecule has 1 heterocycles. The van der Waals surface area contributed by atoms with Crippen molar-refractivity contribution < 1.29 is 9.18 Å². The molecule has 1 aromatic heterocycles. The molecule has 4 rings (SSSR count). The number of anilines is 2. The molecule has 0 unspecified atom stereocenters. The molecule has 1 saturated carbocycles. The highest BCUT2D eigenvalue weighted by Gasteiger charge is 2.17. The Morgan fingerprint density at radius 2 is 1.86 bits per heavy atom. The van der Waals surface area contributed by atoms with Gasteiger partial charge in [0, 0.05) is 37.0 Å². The van der Waals surface area contributed by atoms with Crippen LogP contribution in [0.2, 0.25) is 0 Å². The number of nitrogens with one attached hydrogen (secondary N) is 1. The third-order valence-corrected chi connectivity index (χ3v) is 6.96. The molecule has 0 bridgehead atoms. The van der Waals surface area contributed by atoms with Crippen LogP contribution in [0, 0.1) is 23.1 Å². The predicted molar refractivity (Wildman–Crippen MR) is 146 cm³/mol. The molecule has 7 nitrogen and oxygen atoms in total. The summed E-state index contributed by atoms with van der Waals surface area (Å²) in [6, 6.07) is 16.3. The molecule has 1 N–H and O–H groups in total. The molecule has 0 atom stereocenters. The number of carbonyl (C=O) groups excluding carboxylic acids is 1. The largest absolute Gasteiger partial charge is 0.368 e. The maximum atomic E-state index is 14.5. The zero-order valence-electron chi connectivity index (χ0n) is 21.7. The lowest BCUT2D eigenvalue weighted by Crippen LogP contribution is -2.33. The first-order valence-corrected chi connectivity index (χ1v) is 13.0. The van der Waals surface area contributed by atoms with Crippen LogP contribution in [0.1, 0.15) is 37.7 Å². The standard InChI is InChI=1S/C29H35FN6O/c1-34(2)14-15-35(16-17-37)25-10-12-26(13-11-25)36-28(23-8-9-24(20-31)27(30)18-23)19-29(33-36)32-21-22-6-4-3-5-7-22/h8-13,17-19,22H,3-7,14-16,21H2,1-2H3,(H,32,33). The number of aldehydes is 1. The third-order valence-electron chi connectivity index (χ3n) is 6.96. The molecule has 1 fully saturated rings. The average Bonchev–Trinajstić information content (AvgIpc) is 3.35. The number of rotatable bonds is 11. The van der Waals surface area contributed by atoms with Gasteiger partial charge in [0.1, 0.15) is 24.0 Å². The SMILES string of the molecule is CN(C)CCN(CC=O)c1ccc(-n2nc(NCC3CCCCC3)cc2-c2ccc(C#N)c(F)c2)cc1. The fourth-order valence-electron chi connectivity index (χ4n) is 4.82. The number of likely N-dealkylation sites (N-methyl/N-ethyl adjacent to an activating group) is 1. The van der Waals surface area contributed by atoms with Crippen molar-refractivity contribution in [1.29, 1.82) is 5.26 Å². The minimum absolute atomic E-state index is 0.0165. The molecule has 3 aromatic rings. The van der Waals surface area contributed by atoms with Crippen LogP contribution in [0.4, 0.5) is 15.9 Å². The second-order valence-electron chi connectivity index (χ2n) is 9.95. The summed E-state index contributed by atoms with van der Waals surface area (Å²) in [5, 5.41) is 17.5. The average molecular weight is 503 g/mol. The molecule has 1 aliphatic rings. The number of halogens is 1. The lowest BCUT2D eigenvalue weighted by Gasteiger charge is -2.24. The minimum Gasteiger partial charge on any atom is -0.368 e. The molecule has 8 heteroatoms. The molecular formula is C29H35FN6O. The fraction of sp³-hybridized carbons (Fsp3) is 0.414. The van der Waals surface area contributed by atoms with Crippen molar-refractivity contribution >= 4 is 17.8 Å². The molecule has 37 heavy (non-hydrogen) atoms. The van der Waals surface area contributed by atoms with Gasteiger partial charge in [-0.25, -0.2) is 9.07 Å². The quantitative estimate of drug-likeness (QED) is 0.367. The van der Waals surface area contributed by atoms with Gasteiger partial charge in [-0.3, -0.25) is 0 Å². The number of benzene rings is 2. The summed E-state index contributed by atoms with van der Waals surface area (Å²) in [4.78, 5) is 15.4. The van der Waals surface area contributed by atoms with Crippen molar-refractivity contribution in [1.82, 2.24) is 14.7 Å². The van der Waals surface area contributed by atoms with Gasteiger partial charge in [0.05, 0.1) is 23.5 Å². The van der Waals surface area contributed by atoms with Crippen LogP contribution in [0.3, 0.4) is 0 Å². The molecule has 2 aromatic carbocycles. The summed E-state index contributed by atoms with van der Waals surface area (Å²) in [5.41, 5.74) is 3.18. The summed E-state index contributed by atoms with van der Waals surface area (Å²) < 4.78 is 16.3. The van der Waals surface area contributed by atoms with Crippen LogP contribution in [-0.4, -0.2) is 61.2 Å². The molecule has 0 radical (unpaired) electrons. The third kappa shape index (κ3) is 6.75. The first-order valence-electron chi connectivity index (χ1n) is 13.0. The molecule has 0 aliphatic heterocycles. The van der Waals surface area contributed by atoms with Gasteiger partial charge in [-0.15, -0.1) is 5.10 Å². The van der Waals surface area contributed by atoms with Crippen LogP contribution in [0.25, 0.3) is 16.9 Å². The first kappa shape index (κ1) is 26.4. The van der Waals surface area contributed by atoms with E-state index in [0.717, 1.165) is 48.8 Å². The Balaban J connectivity index is 1.63. The van der Waals surface area contributed by atoms with E-state index < -0.39 is 5.82 Å². The van der Waals surface area contributed by atoms with Gasteiger partial charge in [0.15, 0.2) is 0 Å². The van der Waals surface area contributed by atoms with Crippen molar-refractivity contribution in [2.24, 2.45) is 5.92 Å². The van der Waals surface area contributed by atoms with E-state index in [2.05, 4.69) is 10.2 Å². The summed E-state index contributed by atoms with van der Waals surface area (Å²) in [7, 11) is 4.01. The van der Waals surface area contributed by atoms with E-state index in [1.807, 2.05) is 55.4 Å². The number of hydrogen-bond acceptors (Lipinski definition) is 6. The van der Waals surface area contributed by atoms with Gasteiger partial charge in [0.25, 0.3) is 0 Å². The van der Waals surface area contributed by atoms with E-state index in [9.17, 15) is 9.18 Å². The highest BCUT2D eigenvalue weighted by Crippen LogP contribution is 2.30. The van der Waals surface area contributed by atoms with Gasteiger partial charge >= 0.3 is 0 Å². The first-order chi connectivity index (χ1) is 18.0. The van der Waals surface area contributed by atoms with Gasteiger partial charge in [0.2, 0.25) is 0 Å². The van der Waals surface area contributed by atoms with Crippen LogP contribution >= 0.6 is 0 Å². The summed E-state index contributed by atoms with van der Waals surface area (Å²) in [6.07, 6.45) is 7.24.